The molecule has 3 aliphatic rings. The van der Waals surface area contributed by atoms with Gasteiger partial charge in [-0.25, -0.2) is 0 Å². The van der Waals surface area contributed by atoms with Gasteiger partial charge in [-0.15, -0.1) is 11.8 Å². The second-order valence-electron chi connectivity index (χ2n) is 8.24. The van der Waals surface area contributed by atoms with Crippen molar-refractivity contribution in [2.45, 2.75) is 94.4 Å². The molecule has 5 heteroatoms. The van der Waals surface area contributed by atoms with Gasteiger partial charge < -0.3 is 9.42 Å². The number of rotatable bonds is 3. The van der Waals surface area contributed by atoms with E-state index in [0.29, 0.717) is 23.1 Å². The molecule has 4 nitrogen and oxygen atoms in total. The largest absolute Gasteiger partial charge is 0.350 e. The number of hydrogen-bond donors (Lipinski definition) is 0. The van der Waals surface area contributed by atoms with Gasteiger partial charge in [-0.2, -0.15) is 0 Å². The van der Waals surface area contributed by atoms with E-state index in [1.165, 1.54) is 38.5 Å². The van der Waals surface area contributed by atoms with Crippen LogP contribution in [-0.2, 0) is 0 Å². The van der Waals surface area contributed by atoms with E-state index in [-0.39, 0.29) is 11.3 Å². The number of likely N-dealkylation sites (tertiary alicyclic amines) is 1. The molecule has 0 aromatic carbocycles. The van der Waals surface area contributed by atoms with E-state index in [4.69, 9.17) is 4.52 Å². The van der Waals surface area contributed by atoms with E-state index in [1.807, 2.05) is 18.7 Å². The van der Waals surface area contributed by atoms with Gasteiger partial charge in [0.15, 0.2) is 0 Å². The van der Waals surface area contributed by atoms with Gasteiger partial charge in [0, 0.05) is 17.3 Å². The van der Waals surface area contributed by atoms with Crippen molar-refractivity contribution in [1.82, 2.24) is 10.1 Å². The van der Waals surface area contributed by atoms with Gasteiger partial charge in [0.25, 0.3) is 5.91 Å². The van der Waals surface area contributed by atoms with Crippen molar-refractivity contribution >= 4 is 17.7 Å². The van der Waals surface area contributed by atoms with Crippen LogP contribution in [0.2, 0.25) is 0 Å². The lowest BCUT2D eigenvalue weighted by Gasteiger charge is -2.37. The SMILES string of the molecule is Cc1noc(C(=O)N2C3CCC(C)(C3)C2C)c1SC1CCCCC1. The van der Waals surface area contributed by atoms with Crippen molar-refractivity contribution in [3.05, 3.63) is 11.5 Å². The normalized spacial score (nSPS) is 33.4. The Balaban J connectivity index is 1.57. The molecule has 1 amide bonds. The second kappa shape index (κ2) is 6.08. The van der Waals surface area contributed by atoms with Crippen LogP contribution in [0.5, 0.6) is 0 Å². The van der Waals surface area contributed by atoms with Gasteiger partial charge in [0.2, 0.25) is 5.76 Å². The Labute approximate surface area is 148 Å². The van der Waals surface area contributed by atoms with E-state index >= 15 is 0 Å². The quantitative estimate of drug-likeness (QED) is 0.786. The van der Waals surface area contributed by atoms with Crippen LogP contribution >= 0.6 is 11.8 Å². The highest BCUT2D eigenvalue weighted by molar-refractivity contribution is 8.00. The zero-order valence-corrected chi connectivity index (χ0v) is 15.8. The molecule has 4 rings (SSSR count). The van der Waals surface area contributed by atoms with Crippen molar-refractivity contribution in [2.24, 2.45) is 5.41 Å². The van der Waals surface area contributed by atoms with Crippen LogP contribution in [0.3, 0.4) is 0 Å². The first-order chi connectivity index (χ1) is 11.5. The maximum absolute atomic E-state index is 13.2. The number of nitrogens with zero attached hydrogens (tertiary/aromatic N) is 2. The van der Waals surface area contributed by atoms with E-state index in [0.717, 1.165) is 23.4 Å². The van der Waals surface area contributed by atoms with Crippen molar-refractivity contribution in [3.8, 4) is 0 Å². The Morgan fingerprint density at radius 1 is 1.29 bits per heavy atom. The summed E-state index contributed by atoms with van der Waals surface area (Å²) in [5.41, 5.74) is 1.16. The molecule has 3 fully saturated rings. The highest BCUT2D eigenvalue weighted by atomic mass is 32.2. The van der Waals surface area contributed by atoms with Crippen LogP contribution < -0.4 is 0 Å². The molecule has 1 saturated heterocycles. The molecular weight excluding hydrogens is 320 g/mol. The first-order valence-corrected chi connectivity index (χ1v) is 10.3. The van der Waals surface area contributed by atoms with Crippen molar-refractivity contribution < 1.29 is 9.32 Å². The molecule has 24 heavy (non-hydrogen) atoms. The predicted octanol–water partition coefficient (Wildman–Crippen LogP) is 4.81. The summed E-state index contributed by atoms with van der Waals surface area (Å²) in [5.74, 6) is 0.556. The van der Waals surface area contributed by atoms with Crippen LogP contribution in [0.4, 0.5) is 0 Å². The molecule has 1 aromatic heterocycles. The Bertz CT molecular complexity index is 637. The lowest BCUT2D eigenvalue weighted by Crippen LogP contribution is -2.46. The minimum atomic E-state index is 0.0647. The van der Waals surface area contributed by atoms with Crippen molar-refractivity contribution in [1.29, 1.82) is 0 Å². The highest BCUT2D eigenvalue weighted by Gasteiger charge is 2.54. The van der Waals surface area contributed by atoms with Gasteiger partial charge in [-0.1, -0.05) is 31.3 Å². The summed E-state index contributed by atoms with van der Waals surface area (Å²) in [6, 6.07) is 0.678. The fourth-order valence-electron chi connectivity index (χ4n) is 4.95. The number of fused-ring (bicyclic) bond motifs is 2. The molecule has 0 N–H and O–H groups in total. The number of carbonyl (C=O) groups excluding carboxylic acids is 1. The minimum absolute atomic E-state index is 0.0647. The first-order valence-electron chi connectivity index (χ1n) is 9.45. The van der Waals surface area contributed by atoms with Gasteiger partial charge in [-0.05, 0) is 51.4 Å². The number of aryl methyl sites for hydroxylation is 1. The van der Waals surface area contributed by atoms with Gasteiger partial charge in [0.1, 0.15) is 0 Å². The smallest absolute Gasteiger partial charge is 0.294 e. The molecule has 3 unspecified atom stereocenters. The molecule has 0 radical (unpaired) electrons. The van der Waals surface area contributed by atoms with Crippen LogP contribution in [0.25, 0.3) is 0 Å². The van der Waals surface area contributed by atoms with E-state index in [2.05, 4.69) is 23.9 Å². The van der Waals surface area contributed by atoms with Crippen LogP contribution in [0.15, 0.2) is 9.42 Å². The standard InChI is InChI=1S/C19H28N2O2S/c1-12-17(24-15-7-5-4-6-8-15)16(23-20-12)18(22)21-13(2)19(3)10-9-14(21)11-19/h13-15H,4-11H2,1-3H3. The van der Waals surface area contributed by atoms with Crippen LogP contribution in [0.1, 0.15) is 81.5 Å². The lowest BCUT2D eigenvalue weighted by atomic mass is 9.83. The Morgan fingerprint density at radius 3 is 2.71 bits per heavy atom. The monoisotopic (exact) mass is 348 g/mol. The third kappa shape index (κ3) is 2.59. The van der Waals surface area contributed by atoms with Crippen LogP contribution in [-0.4, -0.2) is 33.3 Å². The zero-order valence-electron chi connectivity index (χ0n) is 15.0. The molecule has 2 bridgehead atoms. The first kappa shape index (κ1) is 16.5. The van der Waals surface area contributed by atoms with Gasteiger partial charge in [0.05, 0.1) is 10.6 Å². The number of aromatic nitrogens is 1. The molecule has 1 aromatic rings. The predicted molar refractivity (Wildman–Crippen MR) is 95.3 cm³/mol. The topological polar surface area (TPSA) is 46.3 Å². The lowest BCUT2D eigenvalue weighted by molar-refractivity contribution is 0.0499. The third-order valence-corrected chi connectivity index (χ3v) is 8.17. The van der Waals surface area contributed by atoms with Gasteiger partial charge >= 0.3 is 0 Å². The van der Waals surface area contributed by atoms with Gasteiger partial charge in [-0.3, -0.25) is 4.79 Å². The summed E-state index contributed by atoms with van der Waals surface area (Å²) in [4.78, 5) is 16.3. The summed E-state index contributed by atoms with van der Waals surface area (Å²) in [5, 5.41) is 4.74. The Kier molecular flexibility index (Phi) is 4.18. The molecule has 0 spiro atoms. The molecule has 2 heterocycles. The molecule has 132 valence electrons. The minimum Gasteiger partial charge on any atom is -0.350 e. The Hall–Kier alpha value is -0.970. The fourth-order valence-corrected chi connectivity index (χ4v) is 6.29. The maximum atomic E-state index is 13.2. The molecule has 2 aliphatic carbocycles. The summed E-state index contributed by atoms with van der Waals surface area (Å²) in [7, 11) is 0. The number of carbonyl (C=O) groups is 1. The summed E-state index contributed by atoms with van der Waals surface area (Å²) < 4.78 is 5.54. The maximum Gasteiger partial charge on any atom is 0.294 e. The van der Waals surface area contributed by atoms with E-state index < -0.39 is 0 Å². The average Bonchev–Trinajstić information content (AvgIpc) is 3.20. The van der Waals surface area contributed by atoms with Crippen molar-refractivity contribution in [2.75, 3.05) is 0 Å². The summed E-state index contributed by atoms with van der Waals surface area (Å²) >= 11 is 1.83. The second-order valence-corrected chi connectivity index (χ2v) is 9.55. The summed E-state index contributed by atoms with van der Waals surface area (Å²) in [6.45, 7) is 6.49. The molecule has 1 aliphatic heterocycles. The number of piperidine rings is 1. The number of thioether (sulfide) groups is 1. The van der Waals surface area contributed by atoms with E-state index in [9.17, 15) is 4.79 Å². The highest BCUT2D eigenvalue weighted by Crippen LogP contribution is 2.52. The van der Waals surface area contributed by atoms with E-state index in [1.54, 1.807) is 0 Å². The Morgan fingerprint density at radius 2 is 2.04 bits per heavy atom. The fraction of sp³-hybridized carbons (Fsp3) is 0.789. The van der Waals surface area contributed by atoms with Crippen LogP contribution in [0, 0.1) is 12.3 Å². The zero-order chi connectivity index (χ0) is 16.9. The number of amides is 1. The average molecular weight is 349 g/mol. The molecule has 2 saturated carbocycles. The summed E-state index contributed by atoms with van der Waals surface area (Å²) in [6.07, 6.45) is 9.93. The van der Waals surface area contributed by atoms with Crippen molar-refractivity contribution in [3.63, 3.8) is 0 Å². The number of hydrogen-bond acceptors (Lipinski definition) is 4. The molecule has 3 atom stereocenters. The molecular formula is C19H28N2O2S. The third-order valence-electron chi connectivity index (χ3n) is 6.64.